The number of aryl methyl sites for hydroxylation is 1. The summed E-state index contributed by atoms with van der Waals surface area (Å²) < 4.78 is 36.0. The number of anilines is 4. The zero-order chi connectivity index (χ0) is 28.5. The number of hydrogen-bond donors (Lipinski definition) is 1. The molecule has 2 aliphatic heterocycles. The number of rotatable bonds is 7. The number of ether oxygens (including phenoxy) is 1. The molecule has 2 aliphatic rings. The van der Waals surface area contributed by atoms with Crippen LogP contribution in [0.2, 0.25) is 0 Å². The maximum atomic E-state index is 14.6. The molecule has 1 atom stereocenters. The topological polar surface area (TPSA) is 96.7 Å². The Bertz CT molecular complexity index is 1540. The van der Waals surface area contributed by atoms with Crippen LogP contribution in [0.1, 0.15) is 18.0 Å². The molecule has 4 aromatic rings. The molecule has 5 heterocycles. The molecule has 1 aromatic carbocycles. The first-order valence-electron chi connectivity index (χ1n) is 13.4. The van der Waals surface area contributed by atoms with E-state index in [0.717, 1.165) is 49.2 Å². The smallest absolute Gasteiger partial charge is 0.239 e. The van der Waals surface area contributed by atoms with Crippen molar-refractivity contribution >= 4 is 23.1 Å². The lowest BCUT2D eigenvalue weighted by molar-refractivity contribution is 0.156. The molecule has 1 N–H and O–H groups in total. The molecule has 0 bridgehead atoms. The van der Waals surface area contributed by atoms with E-state index in [1.807, 2.05) is 25.5 Å². The number of nitrogens with one attached hydrogen (secondary N) is 1. The average Bonchev–Trinajstić information content (AvgIpc) is 3.64. The largest absolute Gasteiger partial charge is 0.479 e. The van der Waals surface area contributed by atoms with Crippen LogP contribution < -0.4 is 20.0 Å². The van der Waals surface area contributed by atoms with Crippen LogP contribution in [0.3, 0.4) is 0 Å². The third kappa shape index (κ3) is 5.37. The predicted molar refractivity (Wildman–Crippen MR) is 150 cm³/mol. The van der Waals surface area contributed by atoms with Crippen LogP contribution in [0, 0.1) is 11.6 Å². The molecule has 0 aliphatic carbocycles. The lowest BCUT2D eigenvalue weighted by Crippen LogP contribution is -2.45. The summed E-state index contributed by atoms with van der Waals surface area (Å²) in [5, 5.41) is 9.17. The maximum Gasteiger partial charge on any atom is 0.239 e. The zero-order valence-electron chi connectivity index (χ0n) is 23.1. The SMILES string of the molecule is COc1nc(N2CCN(C)CC2)c(-c2cnn(C)c2)cc1Nc1cc(N2OCC[C@@H]2c2cccc(F)c2F)ncn1. The summed E-state index contributed by atoms with van der Waals surface area (Å²) in [4.78, 5) is 24.0. The number of benzene rings is 1. The van der Waals surface area contributed by atoms with E-state index < -0.39 is 17.7 Å². The minimum atomic E-state index is -0.900. The van der Waals surface area contributed by atoms with Gasteiger partial charge < -0.3 is 19.9 Å². The van der Waals surface area contributed by atoms with E-state index in [4.69, 9.17) is 14.6 Å². The molecule has 0 spiro atoms. The van der Waals surface area contributed by atoms with Gasteiger partial charge in [0.2, 0.25) is 5.88 Å². The van der Waals surface area contributed by atoms with Crippen molar-refractivity contribution in [3.8, 4) is 17.0 Å². The van der Waals surface area contributed by atoms with Crippen LogP contribution in [-0.4, -0.2) is 76.6 Å². The van der Waals surface area contributed by atoms with Crippen molar-refractivity contribution in [2.75, 3.05) is 62.2 Å². The lowest BCUT2D eigenvalue weighted by atomic mass is 10.0. The van der Waals surface area contributed by atoms with Crippen LogP contribution in [0.25, 0.3) is 11.1 Å². The molecule has 0 saturated carbocycles. The quantitative estimate of drug-likeness (QED) is 0.356. The second-order valence-electron chi connectivity index (χ2n) is 10.1. The molecule has 0 radical (unpaired) electrons. The molecular weight excluding hydrogens is 532 g/mol. The van der Waals surface area contributed by atoms with Crippen LogP contribution in [0.5, 0.6) is 5.88 Å². The van der Waals surface area contributed by atoms with E-state index in [0.29, 0.717) is 36.2 Å². The van der Waals surface area contributed by atoms with Gasteiger partial charge in [0.15, 0.2) is 17.5 Å². The van der Waals surface area contributed by atoms with Gasteiger partial charge >= 0.3 is 0 Å². The minimum absolute atomic E-state index is 0.210. The number of methoxy groups -OCH3 is 1. The highest BCUT2D eigenvalue weighted by Crippen LogP contribution is 2.39. The van der Waals surface area contributed by atoms with E-state index >= 15 is 0 Å². The van der Waals surface area contributed by atoms with Gasteiger partial charge in [0, 0.05) is 68.6 Å². The molecule has 6 rings (SSSR count). The second-order valence-corrected chi connectivity index (χ2v) is 10.1. The normalized spacial score (nSPS) is 17.7. The molecule has 0 amide bonds. The molecule has 11 nitrogen and oxygen atoms in total. The van der Waals surface area contributed by atoms with Crippen molar-refractivity contribution in [1.82, 2.24) is 29.6 Å². The minimum Gasteiger partial charge on any atom is -0.479 e. The standard InChI is InChI=1S/C28H31F2N9O2/c1-36-8-10-38(11-9-36)27-20(18-15-33-37(2)16-18)13-22(28(35-27)40-3)34-24-14-25(32-17-31-24)39-23(7-12-41-39)19-5-4-6-21(29)26(19)30/h4-6,13-17,23H,7-12H2,1-3H3,(H,31,32,34)/t23-/m1/s1. The average molecular weight is 564 g/mol. The van der Waals surface area contributed by atoms with Gasteiger partial charge in [0.1, 0.15) is 23.7 Å². The zero-order valence-corrected chi connectivity index (χ0v) is 23.1. The molecule has 3 aromatic heterocycles. The first kappa shape index (κ1) is 26.8. The fourth-order valence-corrected chi connectivity index (χ4v) is 5.19. The highest BCUT2D eigenvalue weighted by atomic mass is 19.2. The highest BCUT2D eigenvalue weighted by Gasteiger charge is 2.32. The monoisotopic (exact) mass is 563 g/mol. The Morgan fingerprint density at radius 1 is 1.07 bits per heavy atom. The molecular formula is C28H31F2N9O2. The van der Waals surface area contributed by atoms with Crippen molar-refractivity contribution in [2.45, 2.75) is 12.5 Å². The van der Waals surface area contributed by atoms with Crippen molar-refractivity contribution in [3.63, 3.8) is 0 Å². The number of piperazine rings is 1. The van der Waals surface area contributed by atoms with Crippen molar-refractivity contribution < 1.29 is 18.4 Å². The van der Waals surface area contributed by atoms with E-state index in [2.05, 4.69) is 37.2 Å². The third-order valence-corrected chi connectivity index (χ3v) is 7.37. The summed E-state index contributed by atoms with van der Waals surface area (Å²) in [6.07, 6.45) is 5.63. The number of likely N-dealkylation sites (N-methyl/N-ethyl adjacent to an activating group) is 1. The Kier molecular flexibility index (Phi) is 7.37. The summed E-state index contributed by atoms with van der Waals surface area (Å²) in [7, 11) is 5.56. The highest BCUT2D eigenvalue weighted by molar-refractivity contribution is 5.81. The predicted octanol–water partition coefficient (Wildman–Crippen LogP) is 3.94. The van der Waals surface area contributed by atoms with Crippen LogP contribution >= 0.6 is 0 Å². The Morgan fingerprint density at radius 2 is 1.90 bits per heavy atom. The van der Waals surface area contributed by atoms with Crippen molar-refractivity contribution in [2.24, 2.45) is 7.05 Å². The lowest BCUT2D eigenvalue weighted by Gasteiger charge is -2.34. The Hall–Kier alpha value is -4.36. The first-order chi connectivity index (χ1) is 19.9. The van der Waals surface area contributed by atoms with Gasteiger partial charge in [-0.25, -0.2) is 23.8 Å². The Labute approximate surface area is 236 Å². The van der Waals surface area contributed by atoms with Gasteiger partial charge in [-0.05, 0) is 19.2 Å². The molecule has 0 unspecified atom stereocenters. The van der Waals surface area contributed by atoms with Crippen LogP contribution in [0.4, 0.5) is 31.9 Å². The summed E-state index contributed by atoms with van der Waals surface area (Å²) >= 11 is 0. The number of aromatic nitrogens is 5. The van der Waals surface area contributed by atoms with E-state index in [-0.39, 0.29) is 5.56 Å². The van der Waals surface area contributed by atoms with E-state index in [9.17, 15) is 8.78 Å². The molecule has 41 heavy (non-hydrogen) atoms. The van der Waals surface area contributed by atoms with Gasteiger partial charge in [-0.2, -0.15) is 10.1 Å². The third-order valence-electron chi connectivity index (χ3n) is 7.37. The number of hydroxylamine groups is 1. The molecule has 214 valence electrons. The van der Waals surface area contributed by atoms with Gasteiger partial charge in [0.25, 0.3) is 0 Å². The van der Waals surface area contributed by atoms with Gasteiger partial charge in [-0.3, -0.25) is 9.52 Å². The molecule has 2 saturated heterocycles. The van der Waals surface area contributed by atoms with Crippen LogP contribution in [0.15, 0.2) is 49.1 Å². The van der Waals surface area contributed by atoms with Gasteiger partial charge in [-0.15, -0.1) is 0 Å². The fourth-order valence-electron chi connectivity index (χ4n) is 5.19. The van der Waals surface area contributed by atoms with Gasteiger partial charge in [-0.1, -0.05) is 12.1 Å². The molecule has 13 heteroatoms. The van der Waals surface area contributed by atoms with E-state index in [1.54, 1.807) is 23.9 Å². The molecule has 2 fully saturated rings. The fraction of sp³-hybridized carbons (Fsp3) is 0.357. The summed E-state index contributed by atoms with van der Waals surface area (Å²) in [6, 6.07) is 7.28. The second kappa shape index (κ2) is 11.3. The Morgan fingerprint density at radius 3 is 2.66 bits per heavy atom. The summed E-state index contributed by atoms with van der Waals surface area (Å²) in [6.45, 7) is 3.88. The number of halogens is 2. The maximum absolute atomic E-state index is 14.6. The number of nitrogens with zero attached hydrogens (tertiary/aromatic N) is 8. The van der Waals surface area contributed by atoms with Crippen LogP contribution in [-0.2, 0) is 11.9 Å². The van der Waals surface area contributed by atoms with Crippen molar-refractivity contribution in [1.29, 1.82) is 0 Å². The van der Waals surface area contributed by atoms with Gasteiger partial charge in [0.05, 0.1) is 26.0 Å². The van der Waals surface area contributed by atoms with Crippen molar-refractivity contribution in [3.05, 3.63) is 66.3 Å². The summed E-state index contributed by atoms with van der Waals surface area (Å²) in [5.41, 5.74) is 2.64. The first-order valence-corrected chi connectivity index (χ1v) is 13.4. The number of pyridine rings is 1. The Balaban J connectivity index is 1.33. The van der Waals surface area contributed by atoms with E-state index in [1.165, 1.54) is 17.5 Å². The summed E-state index contributed by atoms with van der Waals surface area (Å²) in [5.74, 6) is 0.296. The number of hydrogen-bond acceptors (Lipinski definition) is 10.